The average Bonchev–Trinajstić information content (AvgIpc) is 3.28. The highest BCUT2D eigenvalue weighted by Crippen LogP contribution is 2.22. The summed E-state index contributed by atoms with van der Waals surface area (Å²) in [6.07, 6.45) is 6.53. The average molecular weight is 339 g/mol. The van der Waals surface area contributed by atoms with Crippen LogP contribution in [0.25, 0.3) is 5.65 Å². The number of piperidine rings is 1. The van der Waals surface area contributed by atoms with E-state index in [0.29, 0.717) is 30.1 Å². The van der Waals surface area contributed by atoms with Crippen LogP contribution in [-0.2, 0) is 7.05 Å². The summed E-state index contributed by atoms with van der Waals surface area (Å²) in [5.41, 5.74) is 1.09. The lowest BCUT2D eigenvalue weighted by Gasteiger charge is -2.31. The second-order valence-corrected chi connectivity index (χ2v) is 6.22. The summed E-state index contributed by atoms with van der Waals surface area (Å²) in [6.45, 7) is 1.04. The molecule has 1 unspecified atom stereocenters. The van der Waals surface area contributed by atoms with Crippen LogP contribution in [0.5, 0.6) is 0 Å². The molecule has 4 heterocycles. The number of aryl methyl sites for hydroxylation is 1. The minimum absolute atomic E-state index is 0.0130. The van der Waals surface area contributed by atoms with Gasteiger partial charge >= 0.3 is 0 Å². The molecule has 128 valence electrons. The Morgan fingerprint density at radius 1 is 1.28 bits per heavy atom. The first-order valence-electron chi connectivity index (χ1n) is 8.12. The van der Waals surface area contributed by atoms with Gasteiger partial charge in [0.2, 0.25) is 5.78 Å². The van der Waals surface area contributed by atoms with E-state index in [2.05, 4.69) is 20.5 Å². The largest absolute Gasteiger partial charge is 0.338 e. The maximum atomic E-state index is 12.8. The zero-order valence-electron chi connectivity index (χ0n) is 13.7. The van der Waals surface area contributed by atoms with E-state index in [1.54, 1.807) is 47.2 Å². The zero-order chi connectivity index (χ0) is 17.4. The number of rotatable bonds is 3. The molecular weight excluding hydrogens is 322 g/mol. The van der Waals surface area contributed by atoms with E-state index in [1.807, 2.05) is 0 Å². The first-order chi connectivity index (χ1) is 12.1. The van der Waals surface area contributed by atoms with Crippen LogP contribution in [-0.4, -0.2) is 59.3 Å². The smallest absolute Gasteiger partial charge is 0.255 e. The fourth-order valence-electron chi connectivity index (χ4n) is 3.21. The molecule has 0 aromatic carbocycles. The number of Topliss-reactive ketones (excluding diaryl/α,β-unsaturated/α-hetero) is 1. The Morgan fingerprint density at radius 2 is 2.16 bits per heavy atom. The van der Waals surface area contributed by atoms with E-state index >= 15 is 0 Å². The predicted octanol–water partition coefficient (Wildman–Crippen LogP) is 0.593. The van der Waals surface area contributed by atoms with Crippen LogP contribution in [0.3, 0.4) is 0 Å². The molecule has 0 aliphatic carbocycles. The van der Waals surface area contributed by atoms with Gasteiger partial charge in [0, 0.05) is 44.6 Å². The lowest BCUT2D eigenvalue weighted by molar-refractivity contribution is 0.0632. The number of carbonyl (C=O) groups is 2. The van der Waals surface area contributed by atoms with Crippen molar-refractivity contribution in [2.45, 2.75) is 12.8 Å². The summed E-state index contributed by atoms with van der Waals surface area (Å²) < 4.78 is 3.18. The Bertz CT molecular complexity index is 945. The van der Waals surface area contributed by atoms with Crippen LogP contribution in [0.4, 0.5) is 0 Å². The summed E-state index contributed by atoms with van der Waals surface area (Å²) in [6, 6.07) is 3.41. The minimum Gasteiger partial charge on any atom is -0.338 e. The number of fused-ring (bicyclic) bond motifs is 1. The van der Waals surface area contributed by atoms with Crippen molar-refractivity contribution in [1.29, 1.82) is 0 Å². The first kappa shape index (κ1) is 15.4. The molecule has 1 saturated heterocycles. The zero-order valence-corrected chi connectivity index (χ0v) is 13.7. The van der Waals surface area contributed by atoms with Crippen molar-refractivity contribution in [3.63, 3.8) is 0 Å². The summed E-state index contributed by atoms with van der Waals surface area (Å²) in [5, 5.41) is 11.2. The molecule has 0 spiro atoms. The number of tetrazole rings is 1. The standard InChI is InChI=1S/C16H17N7O2/c1-21-8-6-17-15(21)14(24)11-3-2-7-22(9-11)16(25)12-4-5-13-18-19-20-23(13)10-12/h4-6,8,10-11H,2-3,7,9H2,1H3. The molecule has 0 radical (unpaired) electrons. The van der Waals surface area contributed by atoms with Gasteiger partial charge in [0.05, 0.1) is 5.56 Å². The highest BCUT2D eigenvalue weighted by Gasteiger charge is 2.31. The number of ketones is 1. The lowest BCUT2D eigenvalue weighted by atomic mass is 9.93. The Balaban J connectivity index is 1.53. The molecule has 25 heavy (non-hydrogen) atoms. The minimum atomic E-state index is -0.226. The summed E-state index contributed by atoms with van der Waals surface area (Å²) >= 11 is 0. The predicted molar refractivity (Wildman–Crippen MR) is 86.9 cm³/mol. The number of amides is 1. The Hall–Kier alpha value is -3.10. The number of hydrogen-bond donors (Lipinski definition) is 0. The van der Waals surface area contributed by atoms with Crippen LogP contribution in [0, 0.1) is 5.92 Å². The topological polar surface area (TPSA) is 98.3 Å². The van der Waals surface area contributed by atoms with Crippen LogP contribution in [0.15, 0.2) is 30.7 Å². The molecule has 1 fully saturated rings. The van der Waals surface area contributed by atoms with Gasteiger partial charge in [0.25, 0.3) is 5.91 Å². The second kappa shape index (κ2) is 6.08. The molecule has 3 aromatic rings. The molecule has 0 saturated carbocycles. The van der Waals surface area contributed by atoms with E-state index in [1.165, 1.54) is 4.52 Å². The van der Waals surface area contributed by atoms with Crippen LogP contribution >= 0.6 is 0 Å². The quantitative estimate of drug-likeness (QED) is 0.648. The number of hydrogen-bond acceptors (Lipinski definition) is 6. The van der Waals surface area contributed by atoms with E-state index in [9.17, 15) is 9.59 Å². The second-order valence-electron chi connectivity index (χ2n) is 6.22. The summed E-state index contributed by atoms with van der Waals surface area (Å²) in [4.78, 5) is 31.3. The van der Waals surface area contributed by atoms with Crippen molar-refractivity contribution in [3.05, 3.63) is 42.1 Å². The number of pyridine rings is 1. The van der Waals surface area contributed by atoms with Crippen molar-refractivity contribution in [3.8, 4) is 0 Å². The molecule has 1 atom stereocenters. The molecule has 1 amide bonds. The number of aromatic nitrogens is 6. The van der Waals surface area contributed by atoms with Crippen molar-refractivity contribution in [1.82, 2.24) is 34.5 Å². The fraction of sp³-hybridized carbons (Fsp3) is 0.375. The Labute approximate surface area is 143 Å². The molecule has 0 N–H and O–H groups in total. The van der Waals surface area contributed by atoms with Crippen molar-refractivity contribution >= 4 is 17.3 Å². The number of imidazole rings is 1. The van der Waals surface area contributed by atoms with Gasteiger partial charge in [-0.1, -0.05) is 0 Å². The van der Waals surface area contributed by atoms with E-state index in [4.69, 9.17) is 0 Å². The lowest BCUT2D eigenvalue weighted by Crippen LogP contribution is -2.42. The molecular formula is C16H17N7O2. The number of likely N-dealkylation sites (tertiary alicyclic amines) is 1. The fourth-order valence-corrected chi connectivity index (χ4v) is 3.21. The van der Waals surface area contributed by atoms with Crippen LogP contribution < -0.4 is 0 Å². The number of nitrogens with zero attached hydrogens (tertiary/aromatic N) is 7. The molecule has 0 bridgehead atoms. The van der Waals surface area contributed by atoms with Gasteiger partial charge in [-0.05, 0) is 35.4 Å². The molecule has 1 aliphatic heterocycles. The van der Waals surface area contributed by atoms with Crippen molar-refractivity contribution < 1.29 is 9.59 Å². The molecule has 3 aromatic heterocycles. The van der Waals surface area contributed by atoms with Crippen LogP contribution in [0.2, 0.25) is 0 Å². The van der Waals surface area contributed by atoms with E-state index in [0.717, 1.165) is 12.8 Å². The van der Waals surface area contributed by atoms with Gasteiger partial charge in [0.1, 0.15) is 0 Å². The first-order valence-corrected chi connectivity index (χ1v) is 8.12. The number of carbonyl (C=O) groups excluding carboxylic acids is 2. The summed E-state index contributed by atoms with van der Waals surface area (Å²) in [5.74, 6) is 0.0839. The maximum Gasteiger partial charge on any atom is 0.255 e. The maximum absolute atomic E-state index is 12.8. The van der Waals surface area contributed by atoms with Crippen molar-refractivity contribution in [2.75, 3.05) is 13.1 Å². The molecule has 9 heteroatoms. The van der Waals surface area contributed by atoms with Crippen molar-refractivity contribution in [2.24, 2.45) is 13.0 Å². The van der Waals surface area contributed by atoms with Gasteiger partial charge in [-0.25, -0.2) is 4.98 Å². The highest BCUT2D eigenvalue weighted by atomic mass is 16.2. The third kappa shape index (κ3) is 2.77. The third-order valence-corrected chi connectivity index (χ3v) is 4.56. The van der Waals surface area contributed by atoms with Gasteiger partial charge in [-0.2, -0.15) is 4.52 Å². The normalized spacial score (nSPS) is 17.8. The van der Waals surface area contributed by atoms with Gasteiger partial charge in [-0.15, -0.1) is 5.10 Å². The van der Waals surface area contributed by atoms with Gasteiger partial charge in [0.15, 0.2) is 11.5 Å². The third-order valence-electron chi connectivity index (χ3n) is 4.56. The SMILES string of the molecule is Cn1ccnc1C(=O)C1CCCN(C(=O)c2ccc3nnnn3c2)C1. The van der Waals surface area contributed by atoms with E-state index in [-0.39, 0.29) is 17.6 Å². The van der Waals surface area contributed by atoms with Gasteiger partial charge in [-0.3, -0.25) is 9.59 Å². The van der Waals surface area contributed by atoms with Crippen LogP contribution in [0.1, 0.15) is 33.8 Å². The summed E-state index contributed by atoms with van der Waals surface area (Å²) in [7, 11) is 1.80. The highest BCUT2D eigenvalue weighted by molar-refractivity contribution is 5.97. The molecule has 1 aliphatic rings. The monoisotopic (exact) mass is 339 g/mol. The van der Waals surface area contributed by atoms with Gasteiger partial charge < -0.3 is 9.47 Å². The molecule has 9 nitrogen and oxygen atoms in total. The van der Waals surface area contributed by atoms with E-state index < -0.39 is 0 Å². The Morgan fingerprint density at radius 3 is 2.96 bits per heavy atom. The molecule has 4 rings (SSSR count). The Kier molecular flexibility index (Phi) is 3.75.